The minimum atomic E-state index is -0.337. The molecule has 0 aliphatic heterocycles. The molecule has 0 bridgehead atoms. The van der Waals surface area contributed by atoms with Gasteiger partial charge in [0.05, 0.1) is 44.3 Å². The summed E-state index contributed by atoms with van der Waals surface area (Å²) in [6.45, 7) is 2.03. The van der Waals surface area contributed by atoms with Gasteiger partial charge in [0.25, 0.3) is 5.91 Å². The summed E-state index contributed by atoms with van der Waals surface area (Å²) >= 11 is 0. The first-order valence-electron chi connectivity index (χ1n) is 10.6. The lowest BCUT2D eigenvalue weighted by molar-refractivity contribution is 0.0956. The Morgan fingerprint density at radius 2 is 1.59 bits per heavy atom. The summed E-state index contributed by atoms with van der Waals surface area (Å²) in [7, 11) is 4.62. The molecule has 1 amide bonds. The third-order valence-electron chi connectivity index (χ3n) is 5.37. The Labute approximate surface area is 198 Å². The number of rotatable bonds is 7. The van der Waals surface area contributed by atoms with Gasteiger partial charge in [-0.05, 0) is 31.2 Å². The molecule has 0 aliphatic carbocycles. The number of carbonyl (C=O) groups is 1. The van der Waals surface area contributed by atoms with Gasteiger partial charge in [-0.15, -0.1) is 0 Å². The van der Waals surface area contributed by atoms with E-state index in [0.29, 0.717) is 28.4 Å². The molecule has 1 aromatic heterocycles. The number of hydrazone groups is 1. The van der Waals surface area contributed by atoms with E-state index in [1.165, 1.54) is 13.3 Å². The fourth-order valence-electron chi connectivity index (χ4n) is 3.64. The lowest BCUT2D eigenvalue weighted by Gasteiger charge is -2.12. The number of pyridine rings is 1. The second-order valence-electron chi connectivity index (χ2n) is 7.60. The maximum Gasteiger partial charge on any atom is 0.272 e. The number of benzene rings is 3. The lowest BCUT2D eigenvalue weighted by atomic mass is 10.0. The number of methoxy groups -OCH3 is 3. The number of ether oxygens (including phenoxy) is 3. The van der Waals surface area contributed by atoms with Crippen molar-refractivity contribution in [1.29, 1.82) is 0 Å². The van der Waals surface area contributed by atoms with Gasteiger partial charge in [0, 0.05) is 16.5 Å². The topological polar surface area (TPSA) is 82.0 Å². The number of amides is 1. The van der Waals surface area contributed by atoms with Crippen LogP contribution >= 0.6 is 0 Å². The van der Waals surface area contributed by atoms with Crippen LogP contribution in [0.3, 0.4) is 0 Å². The smallest absolute Gasteiger partial charge is 0.272 e. The molecule has 0 saturated carbocycles. The molecule has 1 heterocycles. The Kier molecular flexibility index (Phi) is 6.73. The standard InChI is InChI=1S/C27H25N3O4/c1-17-9-11-19(12-10-17)23-15-21(20-7-5-6-8-22(20)29-23)27(31)30-28-16-18-13-24(32-2)26(34-4)25(14-18)33-3/h5-16H,1-4H3,(H,30,31)/b28-16-. The van der Waals surface area contributed by atoms with Crippen LogP contribution in [-0.2, 0) is 0 Å². The molecule has 4 rings (SSSR count). The van der Waals surface area contributed by atoms with Gasteiger partial charge in [0.2, 0.25) is 5.75 Å². The zero-order valence-electron chi connectivity index (χ0n) is 19.5. The summed E-state index contributed by atoms with van der Waals surface area (Å²) in [6, 6.07) is 20.9. The number of hydrogen-bond donors (Lipinski definition) is 1. The van der Waals surface area contributed by atoms with E-state index in [1.54, 1.807) is 32.4 Å². The van der Waals surface area contributed by atoms with Crippen LogP contribution < -0.4 is 19.6 Å². The lowest BCUT2D eigenvalue weighted by Crippen LogP contribution is -2.18. The molecule has 0 unspecified atom stereocenters. The van der Waals surface area contributed by atoms with Crippen molar-refractivity contribution in [3.05, 3.63) is 83.4 Å². The Hall–Kier alpha value is -4.39. The molecular formula is C27H25N3O4. The summed E-state index contributed by atoms with van der Waals surface area (Å²) < 4.78 is 16.1. The first kappa shape index (κ1) is 22.8. The van der Waals surface area contributed by atoms with Gasteiger partial charge in [-0.2, -0.15) is 5.10 Å². The highest BCUT2D eigenvalue weighted by atomic mass is 16.5. The highest BCUT2D eigenvalue weighted by molar-refractivity contribution is 6.07. The number of carbonyl (C=O) groups excluding carboxylic acids is 1. The van der Waals surface area contributed by atoms with Crippen molar-refractivity contribution in [2.45, 2.75) is 6.92 Å². The molecule has 1 N–H and O–H groups in total. The predicted molar refractivity (Wildman–Crippen MR) is 133 cm³/mol. The van der Waals surface area contributed by atoms with Crippen molar-refractivity contribution in [2.24, 2.45) is 5.10 Å². The van der Waals surface area contributed by atoms with Crippen molar-refractivity contribution in [2.75, 3.05) is 21.3 Å². The Balaban J connectivity index is 1.64. The monoisotopic (exact) mass is 455 g/mol. The van der Waals surface area contributed by atoms with Crippen LogP contribution in [0.4, 0.5) is 0 Å². The third-order valence-corrected chi connectivity index (χ3v) is 5.37. The molecule has 0 radical (unpaired) electrons. The second kappa shape index (κ2) is 10.0. The fraction of sp³-hybridized carbons (Fsp3) is 0.148. The molecule has 0 spiro atoms. The normalized spacial score (nSPS) is 10.9. The van der Waals surface area contributed by atoms with Gasteiger partial charge in [-0.25, -0.2) is 10.4 Å². The molecule has 7 heteroatoms. The minimum Gasteiger partial charge on any atom is -0.493 e. The van der Waals surface area contributed by atoms with Crippen molar-refractivity contribution in [1.82, 2.24) is 10.4 Å². The molecular weight excluding hydrogens is 430 g/mol. The van der Waals surface area contributed by atoms with Gasteiger partial charge in [0.1, 0.15) is 0 Å². The van der Waals surface area contributed by atoms with Crippen LogP contribution in [0.1, 0.15) is 21.5 Å². The largest absolute Gasteiger partial charge is 0.493 e. The Bertz CT molecular complexity index is 1340. The van der Waals surface area contributed by atoms with Gasteiger partial charge in [-0.3, -0.25) is 4.79 Å². The molecule has 0 saturated heterocycles. The highest BCUT2D eigenvalue weighted by Gasteiger charge is 2.15. The Morgan fingerprint density at radius 3 is 2.24 bits per heavy atom. The van der Waals surface area contributed by atoms with Gasteiger partial charge < -0.3 is 14.2 Å². The number of aromatic nitrogens is 1. The molecule has 172 valence electrons. The SMILES string of the molecule is COc1cc(/C=N\NC(=O)c2cc(-c3ccc(C)cc3)nc3ccccc23)cc(OC)c1OC. The van der Waals surface area contributed by atoms with E-state index in [4.69, 9.17) is 19.2 Å². The minimum absolute atomic E-state index is 0.337. The van der Waals surface area contributed by atoms with Gasteiger partial charge >= 0.3 is 0 Å². The zero-order chi connectivity index (χ0) is 24.1. The van der Waals surface area contributed by atoms with Crippen LogP contribution in [0.2, 0.25) is 0 Å². The average molecular weight is 456 g/mol. The van der Waals surface area contributed by atoms with E-state index in [1.807, 2.05) is 55.5 Å². The average Bonchev–Trinajstić information content (AvgIpc) is 2.87. The predicted octanol–water partition coefficient (Wildman–Crippen LogP) is 5.00. The number of fused-ring (bicyclic) bond motifs is 1. The molecule has 4 aromatic rings. The number of hydrogen-bond acceptors (Lipinski definition) is 6. The molecule has 3 aromatic carbocycles. The van der Waals surface area contributed by atoms with Crippen molar-refractivity contribution in [3.8, 4) is 28.5 Å². The van der Waals surface area contributed by atoms with Gasteiger partial charge in [-0.1, -0.05) is 48.0 Å². The quantitative estimate of drug-likeness (QED) is 0.313. The Morgan fingerprint density at radius 1 is 0.912 bits per heavy atom. The summed E-state index contributed by atoms with van der Waals surface area (Å²) in [5.74, 6) is 1.14. The first-order valence-corrected chi connectivity index (χ1v) is 10.6. The molecule has 7 nitrogen and oxygen atoms in total. The third kappa shape index (κ3) is 4.68. The van der Waals surface area contributed by atoms with Crippen molar-refractivity contribution >= 4 is 23.0 Å². The van der Waals surface area contributed by atoms with Crippen LogP contribution in [0.15, 0.2) is 71.8 Å². The van der Waals surface area contributed by atoms with E-state index >= 15 is 0 Å². The van der Waals surface area contributed by atoms with Crippen molar-refractivity contribution in [3.63, 3.8) is 0 Å². The highest BCUT2D eigenvalue weighted by Crippen LogP contribution is 2.37. The van der Waals surface area contributed by atoms with E-state index in [-0.39, 0.29) is 5.91 Å². The van der Waals surface area contributed by atoms with Crippen LogP contribution in [-0.4, -0.2) is 38.4 Å². The van der Waals surface area contributed by atoms with Crippen LogP contribution in [0, 0.1) is 6.92 Å². The molecule has 0 atom stereocenters. The number of para-hydroxylation sites is 1. The van der Waals surface area contributed by atoms with E-state index in [2.05, 4.69) is 10.5 Å². The van der Waals surface area contributed by atoms with Crippen molar-refractivity contribution < 1.29 is 19.0 Å². The fourth-order valence-corrected chi connectivity index (χ4v) is 3.64. The molecule has 0 fully saturated rings. The van der Waals surface area contributed by atoms with E-state index in [0.717, 1.165) is 27.7 Å². The second-order valence-corrected chi connectivity index (χ2v) is 7.60. The summed E-state index contributed by atoms with van der Waals surface area (Å²) in [6.07, 6.45) is 1.52. The number of aryl methyl sites for hydroxylation is 1. The zero-order valence-corrected chi connectivity index (χ0v) is 19.5. The first-order chi connectivity index (χ1) is 16.5. The maximum atomic E-state index is 13.1. The van der Waals surface area contributed by atoms with E-state index < -0.39 is 0 Å². The van der Waals surface area contributed by atoms with Crippen LogP contribution in [0.5, 0.6) is 17.2 Å². The number of nitrogens with one attached hydrogen (secondary N) is 1. The molecule has 34 heavy (non-hydrogen) atoms. The van der Waals surface area contributed by atoms with E-state index in [9.17, 15) is 4.79 Å². The van der Waals surface area contributed by atoms with Crippen LogP contribution in [0.25, 0.3) is 22.2 Å². The number of nitrogens with zero attached hydrogens (tertiary/aromatic N) is 2. The maximum absolute atomic E-state index is 13.1. The summed E-state index contributed by atoms with van der Waals surface area (Å²) in [5, 5.41) is 4.90. The summed E-state index contributed by atoms with van der Waals surface area (Å²) in [5.41, 5.74) is 7.33. The summed E-state index contributed by atoms with van der Waals surface area (Å²) in [4.78, 5) is 17.9. The van der Waals surface area contributed by atoms with Gasteiger partial charge in [0.15, 0.2) is 11.5 Å². The molecule has 0 aliphatic rings.